The molecule has 26 heavy (non-hydrogen) atoms. The van der Waals surface area contributed by atoms with E-state index < -0.39 is 10.0 Å². The Morgan fingerprint density at radius 1 is 1.08 bits per heavy atom. The van der Waals surface area contributed by atoms with Crippen LogP contribution < -0.4 is 0 Å². The summed E-state index contributed by atoms with van der Waals surface area (Å²) in [7, 11) is 2.15. The second kappa shape index (κ2) is 7.29. The first kappa shape index (κ1) is 19.3. The van der Waals surface area contributed by atoms with Crippen LogP contribution in [0.4, 0.5) is 0 Å². The van der Waals surface area contributed by atoms with Crippen LogP contribution in [0, 0.1) is 5.41 Å². The summed E-state index contributed by atoms with van der Waals surface area (Å²) in [6.07, 6.45) is 3.50. The summed E-state index contributed by atoms with van der Waals surface area (Å²) in [5.41, 5.74) is -0.128. The number of likely N-dealkylation sites (N-methyl/N-ethyl adjacent to an activating group) is 2. The molecule has 0 N–H and O–H groups in total. The molecule has 1 unspecified atom stereocenters. The van der Waals surface area contributed by atoms with Gasteiger partial charge in [0.25, 0.3) is 0 Å². The van der Waals surface area contributed by atoms with Gasteiger partial charge < -0.3 is 4.90 Å². The maximum absolute atomic E-state index is 12.9. The summed E-state index contributed by atoms with van der Waals surface area (Å²) >= 11 is 0. The molecule has 6 nitrogen and oxygen atoms in total. The fourth-order valence-electron chi connectivity index (χ4n) is 4.55. The fraction of sp³-hybridized carbons (Fsp3) is 0.632. The topological polar surface area (TPSA) is 60.9 Å². The summed E-state index contributed by atoms with van der Waals surface area (Å²) < 4.78 is 27.4. The molecular formula is C19H29N3O3S. The van der Waals surface area contributed by atoms with E-state index in [0.717, 1.165) is 32.2 Å². The molecule has 1 aromatic rings. The lowest BCUT2D eigenvalue weighted by Gasteiger charge is -2.52. The van der Waals surface area contributed by atoms with Crippen molar-refractivity contribution in [2.24, 2.45) is 5.41 Å². The van der Waals surface area contributed by atoms with Crippen LogP contribution in [0.25, 0.3) is 0 Å². The predicted octanol–water partition coefficient (Wildman–Crippen LogP) is 1.64. The third kappa shape index (κ3) is 3.40. The SMILES string of the molecule is CN(C)C(=O)C1N(C)CCCC12CCN(S(=O)(=O)c1ccccc1)CC2. The average molecular weight is 380 g/mol. The highest BCUT2D eigenvalue weighted by molar-refractivity contribution is 7.89. The van der Waals surface area contributed by atoms with Crippen LogP contribution in [0.5, 0.6) is 0 Å². The zero-order valence-electron chi connectivity index (χ0n) is 15.9. The first-order valence-corrected chi connectivity index (χ1v) is 10.7. The van der Waals surface area contributed by atoms with E-state index in [1.807, 2.05) is 13.1 Å². The molecule has 2 aliphatic rings. The molecule has 2 fully saturated rings. The van der Waals surface area contributed by atoms with Gasteiger partial charge in [-0.05, 0) is 56.8 Å². The lowest BCUT2D eigenvalue weighted by molar-refractivity contribution is -0.143. The van der Waals surface area contributed by atoms with Gasteiger partial charge in [0.15, 0.2) is 0 Å². The average Bonchev–Trinajstić information content (AvgIpc) is 2.62. The zero-order valence-corrected chi connectivity index (χ0v) is 16.7. The number of rotatable bonds is 3. The van der Waals surface area contributed by atoms with Crippen LogP contribution >= 0.6 is 0 Å². The Morgan fingerprint density at radius 3 is 2.27 bits per heavy atom. The molecular weight excluding hydrogens is 350 g/mol. The van der Waals surface area contributed by atoms with E-state index in [4.69, 9.17) is 0 Å². The molecule has 7 heteroatoms. The van der Waals surface area contributed by atoms with Gasteiger partial charge in [-0.3, -0.25) is 9.69 Å². The standard InChI is InChI=1S/C19H29N3O3S/c1-20(2)18(23)17-19(10-7-13-21(17)3)11-14-22(15-12-19)26(24,25)16-8-5-4-6-9-16/h4-6,8-9,17H,7,10-15H2,1-3H3. The van der Waals surface area contributed by atoms with E-state index in [9.17, 15) is 13.2 Å². The fourth-order valence-corrected chi connectivity index (χ4v) is 6.01. The van der Waals surface area contributed by atoms with Gasteiger partial charge in [0.05, 0.1) is 10.9 Å². The van der Waals surface area contributed by atoms with Crippen LogP contribution in [-0.4, -0.2) is 75.2 Å². The normalized spacial score (nSPS) is 24.5. The summed E-state index contributed by atoms with van der Waals surface area (Å²) in [4.78, 5) is 17.0. The number of hydrogen-bond acceptors (Lipinski definition) is 4. The third-order valence-corrected chi connectivity index (χ3v) is 7.89. The van der Waals surface area contributed by atoms with Crippen LogP contribution in [0.3, 0.4) is 0 Å². The van der Waals surface area contributed by atoms with Crippen molar-refractivity contribution in [1.29, 1.82) is 0 Å². The highest BCUT2D eigenvalue weighted by atomic mass is 32.2. The van der Waals surface area contributed by atoms with Gasteiger partial charge in [-0.1, -0.05) is 18.2 Å². The van der Waals surface area contributed by atoms with Gasteiger partial charge in [-0.25, -0.2) is 8.42 Å². The van der Waals surface area contributed by atoms with Crippen LogP contribution in [0.2, 0.25) is 0 Å². The molecule has 1 atom stereocenters. The first-order chi connectivity index (χ1) is 12.3. The Balaban J connectivity index is 1.80. The Labute approximate surface area is 156 Å². The molecule has 1 spiro atoms. The molecule has 2 saturated heterocycles. The number of sulfonamides is 1. The molecule has 0 aromatic heterocycles. The number of nitrogens with zero attached hydrogens (tertiary/aromatic N) is 3. The number of hydrogen-bond donors (Lipinski definition) is 0. The van der Waals surface area contributed by atoms with E-state index in [-0.39, 0.29) is 17.4 Å². The monoisotopic (exact) mass is 379 g/mol. The van der Waals surface area contributed by atoms with Crippen molar-refractivity contribution in [2.75, 3.05) is 40.8 Å². The van der Waals surface area contributed by atoms with E-state index in [2.05, 4.69) is 4.90 Å². The minimum Gasteiger partial charge on any atom is -0.347 e. The predicted molar refractivity (Wildman–Crippen MR) is 101 cm³/mol. The van der Waals surface area contributed by atoms with Gasteiger partial charge in [0.1, 0.15) is 0 Å². The van der Waals surface area contributed by atoms with Crippen molar-refractivity contribution < 1.29 is 13.2 Å². The minimum absolute atomic E-state index is 0.128. The van der Waals surface area contributed by atoms with Crippen molar-refractivity contribution in [1.82, 2.24) is 14.1 Å². The largest absolute Gasteiger partial charge is 0.347 e. The van der Waals surface area contributed by atoms with Gasteiger partial charge in [-0.15, -0.1) is 0 Å². The number of amides is 1. The molecule has 2 aliphatic heterocycles. The molecule has 0 aliphatic carbocycles. The lowest BCUT2D eigenvalue weighted by atomic mass is 9.67. The maximum atomic E-state index is 12.9. The number of likely N-dealkylation sites (tertiary alicyclic amines) is 1. The molecule has 1 amide bonds. The lowest BCUT2D eigenvalue weighted by Crippen LogP contribution is -2.61. The van der Waals surface area contributed by atoms with E-state index in [1.54, 1.807) is 47.6 Å². The summed E-state index contributed by atoms with van der Waals surface area (Å²) in [6.45, 7) is 1.86. The molecule has 0 saturated carbocycles. The van der Waals surface area contributed by atoms with Crippen molar-refractivity contribution in [3.63, 3.8) is 0 Å². The molecule has 2 heterocycles. The van der Waals surface area contributed by atoms with Crippen molar-refractivity contribution in [3.8, 4) is 0 Å². The van der Waals surface area contributed by atoms with E-state index >= 15 is 0 Å². The van der Waals surface area contributed by atoms with E-state index in [1.165, 1.54) is 0 Å². The summed E-state index contributed by atoms with van der Waals surface area (Å²) in [5.74, 6) is 0.131. The smallest absolute Gasteiger partial charge is 0.243 e. The Bertz CT molecular complexity index is 741. The van der Waals surface area contributed by atoms with Crippen LogP contribution in [0.15, 0.2) is 35.2 Å². The molecule has 144 valence electrons. The number of carbonyl (C=O) groups is 1. The first-order valence-electron chi connectivity index (χ1n) is 9.24. The number of piperidine rings is 2. The summed E-state index contributed by atoms with van der Waals surface area (Å²) in [5, 5.41) is 0. The second-order valence-electron chi connectivity index (χ2n) is 7.80. The van der Waals surface area contributed by atoms with Crippen LogP contribution in [0.1, 0.15) is 25.7 Å². The minimum atomic E-state index is -3.46. The highest BCUT2D eigenvalue weighted by Gasteiger charge is 2.50. The maximum Gasteiger partial charge on any atom is 0.243 e. The Morgan fingerprint density at radius 2 is 1.69 bits per heavy atom. The van der Waals surface area contributed by atoms with Crippen molar-refractivity contribution >= 4 is 15.9 Å². The quantitative estimate of drug-likeness (QED) is 0.801. The van der Waals surface area contributed by atoms with Gasteiger partial charge >= 0.3 is 0 Å². The molecule has 0 bridgehead atoms. The zero-order chi connectivity index (χ0) is 18.9. The molecule has 3 rings (SSSR count). The second-order valence-corrected chi connectivity index (χ2v) is 9.74. The van der Waals surface area contributed by atoms with Crippen molar-refractivity contribution in [3.05, 3.63) is 30.3 Å². The van der Waals surface area contributed by atoms with Gasteiger partial charge in [0.2, 0.25) is 15.9 Å². The Hall–Kier alpha value is -1.44. The Kier molecular flexibility index (Phi) is 5.42. The number of benzene rings is 1. The van der Waals surface area contributed by atoms with Crippen molar-refractivity contribution in [2.45, 2.75) is 36.6 Å². The third-order valence-electron chi connectivity index (χ3n) is 5.98. The van der Waals surface area contributed by atoms with Gasteiger partial charge in [-0.2, -0.15) is 4.31 Å². The van der Waals surface area contributed by atoms with Crippen LogP contribution in [-0.2, 0) is 14.8 Å². The molecule has 0 radical (unpaired) electrons. The summed E-state index contributed by atoms with van der Waals surface area (Å²) in [6, 6.07) is 8.45. The van der Waals surface area contributed by atoms with Gasteiger partial charge in [0, 0.05) is 27.2 Å². The number of carbonyl (C=O) groups excluding carboxylic acids is 1. The molecule has 1 aromatic carbocycles. The van der Waals surface area contributed by atoms with E-state index in [0.29, 0.717) is 18.0 Å². The highest BCUT2D eigenvalue weighted by Crippen LogP contribution is 2.45.